The first-order chi connectivity index (χ1) is 7.08. The van der Waals surface area contributed by atoms with Crippen LogP contribution in [0.5, 0.6) is 0 Å². The van der Waals surface area contributed by atoms with Crippen LogP contribution in [0.3, 0.4) is 0 Å². The van der Waals surface area contributed by atoms with Crippen molar-refractivity contribution in [2.24, 2.45) is 5.92 Å². The molecule has 2 atom stereocenters. The number of aldehydes is 1. The van der Waals surface area contributed by atoms with E-state index in [0.717, 1.165) is 12.7 Å². The molecule has 1 aliphatic heterocycles. The Hall–Kier alpha value is -1.39. The Balaban J connectivity index is 2.53. The molecule has 0 aliphatic carbocycles. The summed E-state index contributed by atoms with van der Waals surface area (Å²) in [4.78, 5) is 35.6. The monoisotopic (exact) mass is 212 g/mol. The lowest BCUT2D eigenvalue weighted by Crippen LogP contribution is -2.40. The third-order valence-corrected chi connectivity index (χ3v) is 2.68. The van der Waals surface area contributed by atoms with Crippen LogP contribution >= 0.6 is 0 Å². The van der Waals surface area contributed by atoms with Gasteiger partial charge in [0.05, 0.1) is 6.54 Å². The lowest BCUT2D eigenvalue weighted by Gasteiger charge is -2.23. The third-order valence-electron chi connectivity index (χ3n) is 2.68. The van der Waals surface area contributed by atoms with Crippen molar-refractivity contribution in [2.75, 3.05) is 20.1 Å². The number of likely N-dealkylation sites (N-methyl/N-ethyl adjacent to an activating group) is 1. The SMILES string of the molecule is CC1CC(C=O)CN1C(=O)CN(C)C=O. The van der Waals surface area contributed by atoms with Gasteiger partial charge in [-0.1, -0.05) is 0 Å². The first-order valence-electron chi connectivity index (χ1n) is 4.98. The summed E-state index contributed by atoms with van der Waals surface area (Å²) in [6.45, 7) is 2.48. The number of rotatable bonds is 4. The minimum Gasteiger partial charge on any atom is -0.339 e. The van der Waals surface area contributed by atoms with Gasteiger partial charge in [-0.05, 0) is 13.3 Å². The first kappa shape index (κ1) is 11.7. The zero-order valence-electron chi connectivity index (χ0n) is 9.05. The maximum absolute atomic E-state index is 11.7. The summed E-state index contributed by atoms with van der Waals surface area (Å²) in [6.07, 6.45) is 2.24. The Morgan fingerprint density at radius 1 is 1.53 bits per heavy atom. The Bertz CT molecular complexity index is 267. The third kappa shape index (κ3) is 2.78. The zero-order chi connectivity index (χ0) is 11.4. The van der Waals surface area contributed by atoms with Crippen LogP contribution in [-0.2, 0) is 14.4 Å². The standard InChI is InChI=1S/C10H16N2O3/c1-8-3-9(6-13)4-12(8)10(15)5-11(2)7-14/h6-9H,3-5H2,1-2H3. The number of carbonyl (C=O) groups is 3. The van der Waals surface area contributed by atoms with Crippen molar-refractivity contribution >= 4 is 18.6 Å². The van der Waals surface area contributed by atoms with E-state index in [-0.39, 0.29) is 24.4 Å². The van der Waals surface area contributed by atoms with Crippen LogP contribution in [-0.4, -0.2) is 54.6 Å². The van der Waals surface area contributed by atoms with E-state index in [1.807, 2.05) is 6.92 Å². The van der Waals surface area contributed by atoms with E-state index in [1.54, 1.807) is 11.9 Å². The zero-order valence-corrected chi connectivity index (χ0v) is 9.05. The summed E-state index contributed by atoms with van der Waals surface area (Å²) < 4.78 is 0. The van der Waals surface area contributed by atoms with E-state index in [4.69, 9.17) is 0 Å². The summed E-state index contributed by atoms with van der Waals surface area (Å²) >= 11 is 0. The van der Waals surface area contributed by atoms with Crippen molar-refractivity contribution in [3.05, 3.63) is 0 Å². The Labute approximate surface area is 89.0 Å². The molecular weight excluding hydrogens is 196 g/mol. The molecule has 1 heterocycles. The number of likely N-dealkylation sites (tertiary alicyclic amines) is 1. The van der Waals surface area contributed by atoms with Crippen molar-refractivity contribution in [1.82, 2.24) is 9.80 Å². The number of carbonyl (C=O) groups excluding carboxylic acids is 3. The highest BCUT2D eigenvalue weighted by Gasteiger charge is 2.32. The highest BCUT2D eigenvalue weighted by molar-refractivity contribution is 5.81. The summed E-state index contributed by atoms with van der Waals surface area (Å²) in [5, 5.41) is 0. The van der Waals surface area contributed by atoms with E-state index < -0.39 is 0 Å². The normalized spacial score (nSPS) is 25.1. The number of amides is 2. The summed E-state index contributed by atoms with van der Waals surface area (Å²) in [7, 11) is 1.56. The van der Waals surface area contributed by atoms with Gasteiger partial charge in [-0.2, -0.15) is 0 Å². The fourth-order valence-electron chi connectivity index (χ4n) is 1.86. The second-order valence-electron chi connectivity index (χ2n) is 4.05. The molecule has 0 bridgehead atoms. The van der Waals surface area contributed by atoms with Crippen molar-refractivity contribution in [3.8, 4) is 0 Å². The first-order valence-corrected chi connectivity index (χ1v) is 4.98. The molecule has 5 nitrogen and oxygen atoms in total. The van der Waals surface area contributed by atoms with Gasteiger partial charge in [0.25, 0.3) is 0 Å². The average molecular weight is 212 g/mol. The van der Waals surface area contributed by atoms with Gasteiger partial charge in [-0.15, -0.1) is 0 Å². The topological polar surface area (TPSA) is 57.7 Å². The van der Waals surface area contributed by atoms with Crippen molar-refractivity contribution in [1.29, 1.82) is 0 Å². The van der Waals surface area contributed by atoms with Gasteiger partial charge in [-0.3, -0.25) is 9.59 Å². The number of hydrogen-bond donors (Lipinski definition) is 0. The fourth-order valence-corrected chi connectivity index (χ4v) is 1.86. The van der Waals surface area contributed by atoms with Gasteiger partial charge in [0.2, 0.25) is 12.3 Å². The highest BCUT2D eigenvalue weighted by Crippen LogP contribution is 2.21. The van der Waals surface area contributed by atoms with Crippen LogP contribution < -0.4 is 0 Å². The molecule has 0 aromatic heterocycles. The van der Waals surface area contributed by atoms with Crippen LogP contribution in [0, 0.1) is 5.92 Å². The second kappa shape index (κ2) is 4.91. The number of hydrogen-bond acceptors (Lipinski definition) is 3. The maximum atomic E-state index is 11.7. The van der Waals surface area contributed by atoms with Gasteiger partial charge in [0, 0.05) is 25.6 Å². The Kier molecular flexibility index (Phi) is 3.82. The highest BCUT2D eigenvalue weighted by atomic mass is 16.2. The molecule has 0 spiro atoms. The molecule has 0 aromatic rings. The summed E-state index contributed by atoms with van der Waals surface area (Å²) in [5.74, 6) is -0.146. The summed E-state index contributed by atoms with van der Waals surface area (Å²) in [6, 6.07) is 0.0905. The summed E-state index contributed by atoms with van der Waals surface area (Å²) in [5.41, 5.74) is 0. The molecule has 84 valence electrons. The molecule has 1 aliphatic rings. The molecule has 0 aromatic carbocycles. The van der Waals surface area contributed by atoms with E-state index in [0.29, 0.717) is 13.0 Å². The molecule has 1 fully saturated rings. The van der Waals surface area contributed by atoms with Gasteiger partial charge in [-0.25, -0.2) is 0 Å². The van der Waals surface area contributed by atoms with Crippen LogP contribution in [0.15, 0.2) is 0 Å². The van der Waals surface area contributed by atoms with E-state index in [2.05, 4.69) is 0 Å². The molecule has 2 unspecified atom stereocenters. The molecule has 1 rings (SSSR count). The average Bonchev–Trinajstić information content (AvgIpc) is 2.59. The van der Waals surface area contributed by atoms with Crippen molar-refractivity contribution in [2.45, 2.75) is 19.4 Å². The largest absolute Gasteiger partial charge is 0.339 e. The number of nitrogens with zero attached hydrogens (tertiary/aromatic N) is 2. The van der Waals surface area contributed by atoms with Crippen molar-refractivity contribution < 1.29 is 14.4 Å². The molecule has 0 saturated carbocycles. The van der Waals surface area contributed by atoms with Crippen LogP contribution in [0.2, 0.25) is 0 Å². The molecule has 0 radical (unpaired) electrons. The second-order valence-corrected chi connectivity index (χ2v) is 4.05. The predicted octanol–water partition coefficient (Wildman–Crippen LogP) is -0.489. The molecule has 5 heteroatoms. The molecule has 2 amide bonds. The molecule has 15 heavy (non-hydrogen) atoms. The van der Waals surface area contributed by atoms with Crippen LogP contribution in [0.1, 0.15) is 13.3 Å². The van der Waals surface area contributed by atoms with Gasteiger partial charge < -0.3 is 14.6 Å². The fraction of sp³-hybridized carbons (Fsp3) is 0.700. The van der Waals surface area contributed by atoms with Crippen LogP contribution in [0.4, 0.5) is 0 Å². The lowest BCUT2D eigenvalue weighted by molar-refractivity contribution is -0.135. The Morgan fingerprint density at radius 3 is 2.67 bits per heavy atom. The molecule has 1 saturated heterocycles. The Morgan fingerprint density at radius 2 is 2.20 bits per heavy atom. The minimum absolute atomic E-state index is 0.0505. The van der Waals surface area contributed by atoms with Gasteiger partial charge >= 0.3 is 0 Å². The van der Waals surface area contributed by atoms with Crippen LogP contribution in [0.25, 0.3) is 0 Å². The minimum atomic E-state index is -0.0959. The van der Waals surface area contributed by atoms with E-state index in [9.17, 15) is 14.4 Å². The molecule has 0 N–H and O–H groups in total. The maximum Gasteiger partial charge on any atom is 0.242 e. The van der Waals surface area contributed by atoms with Gasteiger partial charge in [0.15, 0.2) is 0 Å². The predicted molar refractivity (Wildman–Crippen MR) is 54.0 cm³/mol. The van der Waals surface area contributed by atoms with Gasteiger partial charge in [0.1, 0.15) is 6.29 Å². The molecular formula is C10H16N2O3. The smallest absolute Gasteiger partial charge is 0.242 e. The van der Waals surface area contributed by atoms with E-state index >= 15 is 0 Å². The van der Waals surface area contributed by atoms with E-state index in [1.165, 1.54) is 4.90 Å². The van der Waals surface area contributed by atoms with Crippen molar-refractivity contribution in [3.63, 3.8) is 0 Å². The quantitative estimate of drug-likeness (QED) is 0.591. The lowest BCUT2D eigenvalue weighted by atomic mass is 10.1.